The fourth-order valence-corrected chi connectivity index (χ4v) is 2.29. The molecule has 0 aliphatic heterocycles. The highest BCUT2D eigenvalue weighted by molar-refractivity contribution is 5.68. The summed E-state index contributed by atoms with van der Waals surface area (Å²) in [6.07, 6.45) is 0. The smallest absolute Gasteiger partial charge is 0.167 e. The minimum absolute atomic E-state index is 0.320. The molecule has 2 heterocycles. The summed E-state index contributed by atoms with van der Waals surface area (Å²) in [7, 11) is 0. The fraction of sp³-hybridized carbons (Fsp3) is 0. The summed E-state index contributed by atoms with van der Waals surface area (Å²) >= 11 is 0. The van der Waals surface area contributed by atoms with E-state index < -0.39 is 0 Å². The molecule has 0 saturated carbocycles. The van der Waals surface area contributed by atoms with Gasteiger partial charge in [0.15, 0.2) is 11.5 Å². The number of benzene rings is 2. The SMILES string of the molecule is Fc1ccc(-c2cc(-c3cc(-c4ccc(F)cc4)on3)no2)cc1. The second-order valence-electron chi connectivity index (χ2n) is 5.17. The van der Waals surface area contributed by atoms with E-state index in [2.05, 4.69) is 10.3 Å². The van der Waals surface area contributed by atoms with Crippen molar-refractivity contribution in [2.45, 2.75) is 0 Å². The topological polar surface area (TPSA) is 52.1 Å². The van der Waals surface area contributed by atoms with E-state index in [-0.39, 0.29) is 11.6 Å². The van der Waals surface area contributed by atoms with Crippen LogP contribution in [0.5, 0.6) is 0 Å². The minimum Gasteiger partial charge on any atom is -0.356 e. The van der Waals surface area contributed by atoms with Crippen molar-refractivity contribution >= 4 is 0 Å². The summed E-state index contributed by atoms with van der Waals surface area (Å²) in [5.41, 5.74) is 2.40. The van der Waals surface area contributed by atoms with Gasteiger partial charge in [0.05, 0.1) is 0 Å². The summed E-state index contributed by atoms with van der Waals surface area (Å²) < 4.78 is 36.5. The van der Waals surface area contributed by atoms with Crippen molar-refractivity contribution in [1.82, 2.24) is 10.3 Å². The highest BCUT2D eigenvalue weighted by Crippen LogP contribution is 2.28. The average Bonchev–Trinajstić information content (AvgIpc) is 3.25. The van der Waals surface area contributed by atoms with Crippen LogP contribution in [0.1, 0.15) is 0 Å². The third kappa shape index (κ3) is 2.69. The van der Waals surface area contributed by atoms with Gasteiger partial charge in [0.2, 0.25) is 0 Å². The Bertz CT molecular complexity index is 891. The van der Waals surface area contributed by atoms with Crippen molar-refractivity contribution < 1.29 is 17.8 Å². The summed E-state index contributed by atoms with van der Waals surface area (Å²) in [6, 6.07) is 15.2. The van der Waals surface area contributed by atoms with Crippen LogP contribution in [0, 0.1) is 11.6 Å². The van der Waals surface area contributed by atoms with Crippen molar-refractivity contribution in [2.24, 2.45) is 0 Å². The van der Waals surface area contributed by atoms with Crippen LogP contribution in [0.15, 0.2) is 69.7 Å². The van der Waals surface area contributed by atoms with Crippen molar-refractivity contribution in [1.29, 1.82) is 0 Å². The lowest BCUT2D eigenvalue weighted by atomic mass is 10.1. The Morgan fingerprint density at radius 3 is 1.33 bits per heavy atom. The van der Waals surface area contributed by atoms with Crippen molar-refractivity contribution in [3.05, 3.63) is 72.3 Å². The fourth-order valence-electron chi connectivity index (χ4n) is 2.29. The zero-order valence-electron chi connectivity index (χ0n) is 12.2. The molecule has 118 valence electrons. The highest BCUT2D eigenvalue weighted by atomic mass is 19.1. The number of nitrogens with zero attached hydrogens (tertiary/aromatic N) is 2. The highest BCUT2D eigenvalue weighted by Gasteiger charge is 2.14. The Kier molecular flexibility index (Phi) is 3.42. The number of hydrogen-bond acceptors (Lipinski definition) is 4. The van der Waals surface area contributed by atoms with Crippen LogP contribution in [-0.4, -0.2) is 10.3 Å². The molecule has 0 bridgehead atoms. The maximum Gasteiger partial charge on any atom is 0.167 e. The van der Waals surface area contributed by atoms with E-state index in [0.717, 1.165) is 0 Å². The Hall–Kier alpha value is -3.28. The molecule has 0 amide bonds. The molecule has 2 aromatic heterocycles. The number of aromatic nitrogens is 2. The first-order valence-electron chi connectivity index (χ1n) is 7.15. The third-order valence-corrected chi connectivity index (χ3v) is 3.54. The van der Waals surface area contributed by atoms with Crippen LogP contribution < -0.4 is 0 Å². The van der Waals surface area contributed by atoms with Gasteiger partial charge < -0.3 is 9.05 Å². The molecule has 0 atom stereocenters. The lowest BCUT2D eigenvalue weighted by Gasteiger charge is -1.93. The molecule has 0 fully saturated rings. The van der Waals surface area contributed by atoms with Gasteiger partial charge >= 0.3 is 0 Å². The molecule has 24 heavy (non-hydrogen) atoms. The molecule has 4 nitrogen and oxygen atoms in total. The lowest BCUT2D eigenvalue weighted by Crippen LogP contribution is -1.76. The first kappa shape index (κ1) is 14.3. The van der Waals surface area contributed by atoms with E-state index in [0.29, 0.717) is 34.0 Å². The van der Waals surface area contributed by atoms with Gasteiger partial charge in [-0.15, -0.1) is 0 Å². The molecule has 0 radical (unpaired) electrons. The van der Waals surface area contributed by atoms with Gasteiger partial charge in [0.25, 0.3) is 0 Å². The first-order chi connectivity index (χ1) is 11.7. The van der Waals surface area contributed by atoms with E-state index in [1.165, 1.54) is 24.3 Å². The summed E-state index contributed by atoms with van der Waals surface area (Å²) in [5, 5.41) is 7.91. The average molecular weight is 324 g/mol. The monoisotopic (exact) mass is 324 g/mol. The van der Waals surface area contributed by atoms with Gasteiger partial charge in [-0.3, -0.25) is 0 Å². The molecule has 0 saturated heterocycles. The Balaban J connectivity index is 1.63. The van der Waals surface area contributed by atoms with E-state index >= 15 is 0 Å². The lowest BCUT2D eigenvalue weighted by molar-refractivity contribution is 0.425. The van der Waals surface area contributed by atoms with Crippen LogP contribution >= 0.6 is 0 Å². The quantitative estimate of drug-likeness (QED) is 0.535. The predicted octanol–water partition coefficient (Wildman–Crippen LogP) is 4.94. The molecular formula is C18H10F2N2O2. The molecule has 0 aliphatic rings. The number of hydrogen-bond donors (Lipinski definition) is 0. The maximum absolute atomic E-state index is 13.0. The molecule has 0 aliphatic carbocycles. The van der Waals surface area contributed by atoms with E-state index in [4.69, 9.17) is 9.05 Å². The number of halogens is 2. The summed E-state index contributed by atoms with van der Waals surface area (Å²) in [5.74, 6) is 0.352. The van der Waals surface area contributed by atoms with Gasteiger partial charge in [-0.2, -0.15) is 0 Å². The van der Waals surface area contributed by atoms with Gasteiger partial charge in [-0.1, -0.05) is 10.3 Å². The molecule has 4 rings (SSSR count). The second-order valence-corrected chi connectivity index (χ2v) is 5.17. The standard InChI is InChI=1S/C18H10F2N2O2/c19-13-5-1-11(2-6-13)17-9-15(21-23-17)16-10-18(24-22-16)12-3-7-14(20)8-4-12/h1-10H. The molecule has 0 unspecified atom stereocenters. The van der Waals surface area contributed by atoms with Crippen molar-refractivity contribution in [3.8, 4) is 34.0 Å². The molecule has 0 spiro atoms. The van der Waals surface area contributed by atoms with Gasteiger partial charge in [0, 0.05) is 23.3 Å². The van der Waals surface area contributed by atoms with Crippen molar-refractivity contribution in [3.63, 3.8) is 0 Å². The third-order valence-electron chi connectivity index (χ3n) is 3.54. The molecule has 4 aromatic rings. The van der Waals surface area contributed by atoms with E-state index in [1.807, 2.05) is 0 Å². The van der Waals surface area contributed by atoms with Gasteiger partial charge in [-0.05, 0) is 48.5 Å². The normalized spacial score (nSPS) is 10.9. The Morgan fingerprint density at radius 2 is 0.958 bits per heavy atom. The molecule has 6 heteroatoms. The zero-order chi connectivity index (χ0) is 16.5. The van der Waals surface area contributed by atoms with Gasteiger partial charge in [0.1, 0.15) is 23.0 Å². The summed E-state index contributed by atoms with van der Waals surface area (Å²) in [4.78, 5) is 0. The predicted molar refractivity (Wildman–Crippen MR) is 82.8 cm³/mol. The van der Waals surface area contributed by atoms with Crippen LogP contribution in [0.3, 0.4) is 0 Å². The van der Waals surface area contributed by atoms with E-state index in [9.17, 15) is 8.78 Å². The Labute approximate surface area is 135 Å². The molecular weight excluding hydrogens is 314 g/mol. The zero-order valence-corrected chi connectivity index (χ0v) is 12.2. The maximum atomic E-state index is 13.0. The second kappa shape index (κ2) is 5.73. The summed E-state index contributed by atoms with van der Waals surface area (Å²) in [6.45, 7) is 0. The van der Waals surface area contributed by atoms with Crippen LogP contribution in [0.2, 0.25) is 0 Å². The van der Waals surface area contributed by atoms with Crippen LogP contribution in [0.25, 0.3) is 34.0 Å². The van der Waals surface area contributed by atoms with Gasteiger partial charge in [-0.25, -0.2) is 8.78 Å². The molecule has 0 N–H and O–H groups in total. The van der Waals surface area contributed by atoms with Crippen molar-refractivity contribution in [2.75, 3.05) is 0 Å². The number of rotatable bonds is 3. The Morgan fingerprint density at radius 1 is 0.583 bits per heavy atom. The largest absolute Gasteiger partial charge is 0.356 e. The van der Waals surface area contributed by atoms with Crippen LogP contribution in [-0.2, 0) is 0 Å². The van der Waals surface area contributed by atoms with Crippen LogP contribution in [0.4, 0.5) is 8.78 Å². The minimum atomic E-state index is -0.320. The molecule has 2 aromatic carbocycles. The first-order valence-corrected chi connectivity index (χ1v) is 7.15. The van der Waals surface area contributed by atoms with E-state index in [1.54, 1.807) is 36.4 Å².